The second kappa shape index (κ2) is 4.89. The second-order valence-electron chi connectivity index (χ2n) is 4.78. The van der Waals surface area contributed by atoms with Crippen LogP contribution in [0.2, 0.25) is 0 Å². The molecule has 3 rings (SSSR count). The maximum atomic E-state index is 9.51. The van der Waals surface area contributed by atoms with E-state index < -0.39 is 0 Å². The molecule has 4 heteroatoms. The van der Waals surface area contributed by atoms with Crippen molar-refractivity contribution in [3.05, 3.63) is 53.4 Å². The number of rotatable bonds is 3. The molecule has 1 heterocycles. The number of phenols is 1. The summed E-state index contributed by atoms with van der Waals surface area (Å²) in [5, 5.41) is 15.4. The number of benzene rings is 2. The van der Waals surface area contributed by atoms with Gasteiger partial charge >= 0.3 is 0 Å². The molecular weight excluding hydrogens is 254 g/mol. The fourth-order valence-electron chi connectivity index (χ4n) is 2.17. The third-order valence-electron chi connectivity index (χ3n) is 3.36. The lowest BCUT2D eigenvalue weighted by Crippen LogP contribution is -1.97. The van der Waals surface area contributed by atoms with Crippen LogP contribution in [0.4, 0.5) is 0 Å². The number of ether oxygens (including phenoxy) is 1. The first-order chi connectivity index (χ1) is 9.63. The van der Waals surface area contributed by atoms with Gasteiger partial charge in [0.2, 0.25) is 0 Å². The normalized spacial score (nSPS) is 10.9. The van der Waals surface area contributed by atoms with Gasteiger partial charge in [-0.05, 0) is 48.9 Å². The van der Waals surface area contributed by atoms with E-state index in [1.807, 2.05) is 38.1 Å². The van der Waals surface area contributed by atoms with Crippen LogP contribution in [0.1, 0.15) is 17.0 Å². The van der Waals surface area contributed by atoms with Crippen LogP contribution in [-0.2, 0) is 6.61 Å². The maximum absolute atomic E-state index is 9.51. The van der Waals surface area contributed by atoms with Gasteiger partial charge in [-0.3, -0.25) is 0 Å². The van der Waals surface area contributed by atoms with Gasteiger partial charge in [-0.25, -0.2) is 0 Å². The van der Waals surface area contributed by atoms with E-state index in [4.69, 9.17) is 9.26 Å². The zero-order valence-corrected chi connectivity index (χ0v) is 11.4. The molecule has 2 aromatic carbocycles. The zero-order valence-electron chi connectivity index (χ0n) is 11.4. The summed E-state index contributed by atoms with van der Waals surface area (Å²) >= 11 is 0. The molecule has 0 saturated heterocycles. The minimum absolute atomic E-state index is 0.250. The third-order valence-corrected chi connectivity index (χ3v) is 3.36. The summed E-state index contributed by atoms with van der Waals surface area (Å²) in [6.45, 7) is 4.19. The van der Waals surface area contributed by atoms with Crippen molar-refractivity contribution in [3.63, 3.8) is 0 Å². The largest absolute Gasteiger partial charge is 0.508 e. The van der Waals surface area contributed by atoms with Crippen LogP contribution < -0.4 is 4.74 Å². The quantitative estimate of drug-likeness (QED) is 0.787. The lowest BCUT2D eigenvalue weighted by Gasteiger charge is -2.07. The molecule has 0 aliphatic rings. The number of phenolic OH excluding ortho intramolecular Hbond substituents is 1. The molecule has 0 fully saturated rings. The minimum atomic E-state index is 0.250. The van der Waals surface area contributed by atoms with Gasteiger partial charge in [0.05, 0.1) is 11.3 Å². The van der Waals surface area contributed by atoms with Gasteiger partial charge in [0.15, 0.2) is 0 Å². The lowest BCUT2D eigenvalue weighted by molar-refractivity contribution is 0.302. The van der Waals surface area contributed by atoms with Crippen LogP contribution in [0.5, 0.6) is 11.5 Å². The molecule has 0 spiro atoms. The Morgan fingerprint density at radius 3 is 2.65 bits per heavy atom. The zero-order chi connectivity index (χ0) is 14.1. The number of hydrogen-bond acceptors (Lipinski definition) is 4. The van der Waals surface area contributed by atoms with Crippen molar-refractivity contribution in [2.45, 2.75) is 20.5 Å². The average Bonchev–Trinajstić information content (AvgIpc) is 2.75. The summed E-state index contributed by atoms with van der Waals surface area (Å²) < 4.78 is 10.9. The third kappa shape index (κ3) is 2.32. The Hall–Kier alpha value is -2.49. The number of fused-ring (bicyclic) bond motifs is 1. The van der Waals surface area contributed by atoms with Gasteiger partial charge in [-0.15, -0.1) is 0 Å². The molecule has 1 N–H and O–H groups in total. The fraction of sp³-hybridized carbons (Fsp3) is 0.188. The molecule has 102 valence electrons. The van der Waals surface area contributed by atoms with Gasteiger partial charge in [0.1, 0.15) is 23.9 Å². The Balaban J connectivity index is 1.84. The average molecular weight is 269 g/mol. The van der Waals surface area contributed by atoms with Crippen LogP contribution in [0, 0.1) is 13.8 Å². The highest BCUT2D eigenvalue weighted by Gasteiger charge is 2.09. The Kier molecular flexibility index (Phi) is 3.06. The molecule has 4 nitrogen and oxygen atoms in total. The maximum Gasteiger partial charge on any atom is 0.140 e. The molecule has 20 heavy (non-hydrogen) atoms. The van der Waals surface area contributed by atoms with E-state index in [0.29, 0.717) is 6.61 Å². The van der Waals surface area contributed by atoms with E-state index in [0.717, 1.165) is 33.5 Å². The van der Waals surface area contributed by atoms with Crippen molar-refractivity contribution in [1.82, 2.24) is 5.16 Å². The van der Waals surface area contributed by atoms with Gasteiger partial charge in [0.25, 0.3) is 0 Å². The van der Waals surface area contributed by atoms with E-state index in [2.05, 4.69) is 5.16 Å². The molecule has 0 bridgehead atoms. The highest BCUT2D eigenvalue weighted by Crippen LogP contribution is 2.25. The first-order valence-electron chi connectivity index (χ1n) is 6.41. The Labute approximate surface area is 116 Å². The predicted molar refractivity (Wildman–Crippen MR) is 75.9 cm³/mol. The van der Waals surface area contributed by atoms with Crippen molar-refractivity contribution in [2.75, 3.05) is 0 Å². The van der Waals surface area contributed by atoms with E-state index in [1.165, 1.54) is 0 Å². The van der Waals surface area contributed by atoms with E-state index in [1.54, 1.807) is 12.1 Å². The highest BCUT2D eigenvalue weighted by atomic mass is 16.5. The first-order valence-corrected chi connectivity index (χ1v) is 6.41. The molecule has 1 aromatic heterocycles. The van der Waals surface area contributed by atoms with Gasteiger partial charge in [-0.2, -0.15) is 0 Å². The Morgan fingerprint density at radius 1 is 1.10 bits per heavy atom. The molecule has 0 unspecified atom stereocenters. The van der Waals surface area contributed by atoms with E-state index in [9.17, 15) is 5.11 Å². The first kappa shape index (κ1) is 12.5. The van der Waals surface area contributed by atoms with E-state index in [-0.39, 0.29) is 5.75 Å². The van der Waals surface area contributed by atoms with Crippen LogP contribution in [-0.4, -0.2) is 10.3 Å². The summed E-state index contributed by atoms with van der Waals surface area (Å²) in [7, 11) is 0. The van der Waals surface area contributed by atoms with Crippen LogP contribution in [0.3, 0.4) is 0 Å². The molecule has 0 amide bonds. The molecule has 0 aliphatic heterocycles. The number of aromatic hydroxyl groups is 1. The fourth-order valence-corrected chi connectivity index (χ4v) is 2.17. The van der Waals surface area contributed by atoms with Crippen LogP contribution in [0.15, 0.2) is 40.9 Å². The van der Waals surface area contributed by atoms with Gasteiger partial charge in [0, 0.05) is 0 Å². The van der Waals surface area contributed by atoms with Crippen molar-refractivity contribution in [2.24, 2.45) is 0 Å². The summed E-state index contributed by atoms with van der Waals surface area (Å²) in [4.78, 5) is 0. The monoisotopic (exact) mass is 269 g/mol. The minimum Gasteiger partial charge on any atom is -0.508 e. The topological polar surface area (TPSA) is 55.5 Å². The number of nitrogens with zero attached hydrogens (tertiary/aromatic N) is 1. The number of aromatic nitrogens is 1. The van der Waals surface area contributed by atoms with E-state index >= 15 is 0 Å². The van der Waals surface area contributed by atoms with Crippen LogP contribution in [0.25, 0.3) is 10.8 Å². The molecule has 0 saturated carbocycles. The Morgan fingerprint density at radius 2 is 1.90 bits per heavy atom. The summed E-state index contributed by atoms with van der Waals surface area (Å²) in [5.74, 6) is 1.78. The SMILES string of the molecule is Cc1noc(C)c1COc1ccc2ccc(O)cc2c1. The highest BCUT2D eigenvalue weighted by molar-refractivity contribution is 5.85. The van der Waals surface area contributed by atoms with Gasteiger partial charge < -0.3 is 14.4 Å². The standard InChI is InChI=1S/C16H15NO3/c1-10-16(11(2)20-17-10)9-19-15-6-4-12-3-5-14(18)7-13(12)8-15/h3-8,18H,9H2,1-2H3. The smallest absolute Gasteiger partial charge is 0.140 e. The summed E-state index contributed by atoms with van der Waals surface area (Å²) in [5.41, 5.74) is 1.82. The van der Waals surface area contributed by atoms with Crippen molar-refractivity contribution in [3.8, 4) is 11.5 Å². The summed E-state index contributed by atoms with van der Waals surface area (Å²) in [6.07, 6.45) is 0. The van der Waals surface area contributed by atoms with Crippen molar-refractivity contribution in [1.29, 1.82) is 0 Å². The van der Waals surface area contributed by atoms with Crippen molar-refractivity contribution < 1.29 is 14.4 Å². The number of aryl methyl sites for hydroxylation is 2. The summed E-state index contributed by atoms with van der Waals surface area (Å²) in [6, 6.07) is 11.1. The molecular formula is C16H15NO3. The molecule has 0 radical (unpaired) electrons. The predicted octanol–water partition coefficient (Wildman–Crippen LogP) is 3.73. The molecule has 3 aromatic rings. The lowest BCUT2D eigenvalue weighted by atomic mass is 10.1. The van der Waals surface area contributed by atoms with Crippen LogP contribution >= 0.6 is 0 Å². The molecule has 0 aliphatic carbocycles. The number of hydrogen-bond donors (Lipinski definition) is 1. The second-order valence-corrected chi connectivity index (χ2v) is 4.78. The van der Waals surface area contributed by atoms with Gasteiger partial charge in [-0.1, -0.05) is 17.3 Å². The Bertz CT molecular complexity index is 742. The molecule has 0 atom stereocenters. The van der Waals surface area contributed by atoms with Crippen molar-refractivity contribution >= 4 is 10.8 Å².